The van der Waals surface area contributed by atoms with E-state index in [0.29, 0.717) is 44.5 Å². The van der Waals surface area contributed by atoms with Crippen molar-refractivity contribution in [2.45, 2.75) is 6.92 Å². The largest absolute Gasteiger partial charge is 0.344 e. The summed E-state index contributed by atoms with van der Waals surface area (Å²) in [5, 5.41) is 3.92. The fourth-order valence-electron chi connectivity index (χ4n) is 5.05. The molecule has 6 rings (SSSR count). The van der Waals surface area contributed by atoms with E-state index in [9.17, 15) is 14.4 Å². The van der Waals surface area contributed by atoms with Gasteiger partial charge in [0.05, 0.1) is 16.9 Å². The monoisotopic (exact) mass is 462 g/mol. The molecule has 7 heteroatoms. The molecule has 0 spiro atoms. The second kappa shape index (κ2) is 7.43. The Kier molecular flexibility index (Phi) is 4.44. The fraction of sp³-hybridized carbons (Fsp3) is 0.107. The van der Waals surface area contributed by atoms with E-state index < -0.39 is 0 Å². The smallest absolute Gasteiger partial charge is 0.295 e. The predicted octanol–water partition coefficient (Wildman–Crippen LogP) is 4.29. The number of nitrogens with zero attached hydrogens (tertiary/aromatic N) is 3. The van der Waals surface area contributed by atoms with Crippen molar-refractivity contribution >= 4 is 28.1 Å². The van der Waals surface area contributed by atoms with Crippen molar-refractivity contribution < 1.29 is 4.79 Å². The zero-order valence-electron chi connectivity index (χ0n) is 19.5. The van der Waals surface area contributed by atoms with Crippen LogP contribution in [0.15, 0.2) is 82.4 Å². The molecular formula is C28H22N4O3. The number of carbonyl (C=O) groups is 1. The number of hydrogen-bond acceptors (Lipinski definition) is 4. The lowest BCUT2D eigenvalue weighted by molar-refractivity contribution is 0.104. The third-order valence-electron chi connectivity index (χ3n) is 6.91. The van der Waals surface area contributed by atoms with E-state index in [2.05, 4.69) is 5.32 Å². The van der Waals surface area contributed by atoms with Crippen molar-refractivity contribution in [3.05, 3.63) is 110 Å². The van der Waals surface area contributed by atoms with Crippen molar-refractivity contribution in [2.75, 3.05) is 5.32 Å². The van der Waals surface area contributed by atoms with Crippen LogP contribution in [0.4, 0.5) is 11.4 Å². The predicted molar refractivity (Wildman–Crippen MR) is 137 cm³/mol. The number of fused-ring (bicyclic) bond motifs is 2. The number of para-hydroxylation sites is 1. The van der Waals surface area contributed by atoms with Crippen LogP contribution in [-0.2, 0) is 14.1 Å². The summed E-state index contributed by atoms with van der Waals surface area (Å²) in [5.74, 6) is -0.0781. The third-order valence-corrected chi connectivity index (χ3v) is 6.91. The quantitative estimate of drug-likeness (QED) is 0.426. The van der Waals surface area contributed by atoms with Crippen LogP contribution in [0.5, 0.6) is 0 Å². The molecule has 35 heavy (non-hydrogen) atoms. The molecule has 1 aliphatic rings. The Morgan fingerprint density at radius 3 is 2.09 bits per heavy atom. The minimum Gasteiger partial charge on any atom is -0.344 e. The number of aryl methyl sites for hydroxylation is 1. The average molecular weight is 463 g/mol. The van der Waals surface area contributed by atoms with Crippen molar-refractivity contribution in [3.63, 3.8) is 0 Å². The van der Waals surface area contributed by atoms with Gasteiger partial charge < -0.3 is 9.88 Å². The van der Waals surface area contributed by atoms with Gasteiger partial charge in [-0.25, -0.2) is 4.68 Å². The lowest BCUT2D eigenvalue weighted by Crippen LogP contribution is -2.26. The van der Waals surface area contributed by atoms with Gasteiger partial charge in [-0.05, 0) is 30.7 Å². The van der Waals surface area contributed by atoms with Crippen LogP contribution in [0.25, 0.3) is 27.7 Å². The highest BCUT2D eigenvalue weighted by Crippen LogP contribution is 2.42. The molecule has 5 aromatic rings. The maximum Gasteiger partial charge on any atom is 0.295 e. The van der Waals surface area contributed by atoms with Crippen molar-refractivity contribution in [1.29, 1.82) is 0 Å². The van der Waals surface area contributed by atoms with E-state index in [1.54, 1.807) is 34.6 Å². The summed E-state index contributed by atoms with van der Waals surface area (Å²) in [7, 11) is 3.49. The number of nitrogens with one attached hydrogen (secondary N) is 1. The van der Waals surface area contributed by atoms with Crippen molar-refractivity contribution in [3.8, 4) is 16.8 Å². The van der Waals surface area contributed by atoms with Gasteiger partial charge in [0.15, 0.2) is 5.78 Å². The fourth-order valence-corrected chi connectivity index (χ4v) is 5.05. The number of anilines is 2. The first-order valence-electron chi connectivity index (χ1n) is 11.3. The van der Waals surface area contributed by atoms with E-state index >= 15 is 0 Å². The van der Waals surface area contributed by atoms with Crippen LogP contribution in [0, 0.1) is 6.92 Å². The molecule has 0 aliphatic heterocycles. The van der Waals surface area contributed by atoms with Gasteiger partial charge >= 0.3 is 0 Å². The molecule has 0 bridgehead atoms. The Hall–Kier alpha value is -4.65. The van der Waals surface area contributed by atoms with Gasteiger partial charge in [0, 0.05) is 36.2 Å². The second-order valence-corrected chi connectivity index (χ2v) is 8.75. The van der Waals surface area contributed by atoms with E-state index in [1.165, 1.54) is 4.57 Å². The first-order chi connectivity index (χ1) is 16.9. The van der Waals surface area contributed by atoms with Gasteiger partial charge in [-0.3, -0.25) is 19.1 Å². The van der Waals surface area contributed by atoms with Crippen LogP contribution in [0.2, 0.25) is 0 Å². The Labute approximate surface area is 200 Å². The highest BCUT2D eigenvalue weighted by atomic mass is 16.1. The summed E-state index contributed by atoms with van der Waals surface area (Å²) in [6, 6.07) is 22.1. The molecule has 1 N–H and O–H groups in total. The molecule has 172 valence electrons. The molecule has 2 aromatic heterocycles. The van der Waals surface area contributed by atoms with Crippen LogP contribution >= 0.6 is 0 Å². The zero-order chi connectivity index (χ0) is 24.4. The maximum absolute atomic E-state index is 13.7. The molecule has 1 aliphatic carbocycles. The van der Waals surface area contributed by atoms with Gasteiger partial charge in [0.1, 0.15) is 11.4 Å². The Morgan fingerprint density at radius 1 is 0.686 bits per heavy atom. The molecule has 0 saturated heterocycles. The number of benzene rings is 3. The molecule has 0 radical (unpaired) electrons. The van der Waals surface area contributed by atoms with E-state index in [1.807, 2.05) is 68.6 Å². The van der Waals surface area contributed by atoms with Gasteiger partial charge in [0.25, 0.3) is 11.1 Å². The van der Waals surface area contributed by atoms with E-state index in [-0.39, 0.29) is 22.6 Å². The Balaban J connectivity index is 1.68. The van der Waals surface area contributed by atoms with Crippen LogP contribution in [0.3, 0.4) is 0 Å². The minimum absolute atomic E-state index is 0.0781. The van der Waals surface area contributed by atoms with Crippen molar-refractivity contribution in [1.82, 2.24) is 13.9 Å². The molecule has 0 fully saturated rings. The molecule has 2 heterocycles. The number of hydrogen-bond donors (Lipinski definition) is 1. The third kappa shape index (κ3) is 2.81. The summed E-state index contributed by atoms with van der Waals surface area (Å²) in [4.78, 5) is 40.6. The average Bonchev–Trinajstić information content (AvgIpc) is 3.09. The van der Waals surface area contributed by atoms with Gasteiger partial charge in [0.2, 0.25) is 0 Å². The zero-order valence-corrected chi connectivity index (χ0v) is 19.5. The summed E-state index contributed by atoms with van der Waals surface area (Å²) >= 11 is 0. The summed E-state index contributed by atoms with van der Waals surface area (Å²) in [6.45, 7) is 1.84. The first-order valence-corrected chi connectivity index (χ1v) is 11.3. The Bertz CT molecular complexity index is 1810. The normalized spacial score (nSPS) is 12.1. The van der Waals surface area contributed by atoms with Gasteiger partial charge in [-0.2, -0.15) is 0 Å². The van der Waals surface area contributed by atoms with Gasteiger partial charge in [-0.15, -0.1) is 0 Å². The van der Waals surface area contributed by atoms with Crippen LogP contribution < -0.4 is 16.4 Å². The lowest BCUT2D eigenvalue weighted by Gasteiger charge is -2.24. The topological polar surface area (TPSA) is 78.0 Å². The van der Waals surface area contributed by atoms with Crippen LogP contribution in [0.1, 0.15) is 21.6 Å². The highest BCUT2D eigenvalue weighted by Gasteiger charge is 2.30. The number of ketones is 1. The molecular weight excluding hydrogens is 440 g/mol. The summed E-state index contributed by atoms with van der Waals surface area (Å²) in [6.07, 6.45) is 0. The lowest BCUT2D eigenvalue weighted by atomic mass is 9.83. The molecule has 0 unspecified atom stereocenters. The second-order valence-electron chi connectivity index (χ2n) is 8.75. The van der Waals surface area contributed by atoms with Crippen molar-refractivity contribution in [2.24, 2.45) is 14.1 Å². The molecule has 0 amide bonds. The molecule has 0 atom stereocenters. The van der Waals surface area contributed by atoms with E-state index in [0.717, 1.165) is 5.69 Å². The first kappa shape index (κ1) is 20.9. The number of carbonyl (C=O) groups excluding carboxylic acids is 1. The number of aromatic nitrogens is 3. The summed E-state index contributed by atoms with van der Waals surface area (Å²) in [5.41, 5.74) is 4.53. The van der Waals surface area contributed by atoms with Crippen LogP contribution in [-0.4, -0.2) is 19.7 Å². The molecule has 7 nitrogen and oxygen atoms in total. The minimum atomic E-state index is -0.275. The molecule has 0 saturated carbocycles. The molecule has 3 aromatic carbocycles. The Morgan fingerprint density at radius 2 is 1.34 bits per heavy atom. The van der Waals surface area contributed by atoms with E-state index in [4.69, 9.17) is 0 Å². The SMILES string of the molecule is Cc1c(Nc2c3c4c(cccc4n(C)c2=O)C(=O)c2ccccc2-3)c(=O)n(-c2ccccc2)n1C. The number of pyridine rings is 1. The highest BCUT2D eigenvalue weighted by molar-refractivity contribution is 6.27. The standard InChI is InChI=1S/C28H22N4O3/c1-16-24(28(35)32(31(16)3)17-10-5-4-6-11-17)29-25-23-18-12-7-8-13-19(18)26(33)20-14-9-15-21(22(20)23)30(2)27(25)34/h4-15,29H,1-3H3. The maximum atomic E-state index is 13.7. The summed E-state index contributed by atoms with van der Waals surface area (Å²) < 4.78 is 4.86. The number of rotatable bonds is 3. The van der Waals surface area contributed by atoms with Gasteiger partial charge in [-0.1, -0.05) is 54.6 Å².